The van der Waals surface area contributed by atoms with Crippen LogP contribution in [-0.2, 0) is 14.3 Å². The minimum absolute atomic E-state index is 0.0887. The van der Waals surface area contributed by atoms with Gasteiger partial charge in [0.15, 0.2) is 4.80 Å². The number of fused-ring (bicyclic) bond motifs is 3. The first-order valence-electron chi connectivity index (χ1n) is 14.3. The van der Waals surface area contributed by atoms with Gasteiger partial charge in [-0.25, -0.2) is 9.79 Å². The molecule has 1 aliphatic rings. The predicted molar refractivity (Wildman–Crippen MR) is 170 cm³/mol. The van der Waals surface area contributed by atoms with Gasteiger partial charge < -0.3 is 14.2 Å². The molecule has 2 heterocycles. The van der Waals surface area contributed by atoms with Gasteiger partial charge in [0, 0.05) is 12.7 Å². The number of hydrogen-bond donors (Lipinski definition) is 0. The molecule has 0 bridgehead atoms. The second-order valence-corrected chi connectivity index (χ2v) is 11.3. The Labute approximate surface area is 253 Å². The van der Waals surface area contributed by atoms with E-state index < -0.39 is 12.0 Å². The number of aromatic nitrogens is 1. The summed E-state index contributed by atoms with van der Waals surface area (Å²) < 4.78 is 18.9. The summed E-state index contributed by atoms with van der Waals surface area (Å²) in [4.78, 5) is 33.2. The molecule has 8 heteroatoms. The molecule has 5 aromatic rings. The summed E-state index contributed by atoms with van der Waals surface area (Å²) in [6.45, 7) is 4.67. The fourth-order valence-corrected chi connectivity index (χ4v) is 6.59. The topological polar surface area (TPSA) is 79.1 Å². The van der Waals surface area contributed by atoms with Crippen LogP contribution in [0.3, 0.4) is 0 Å². The third-order valence-electron chi connectivity index (χ3n) is 7.53. The molecule has 0 N–H and O–H groups in total. The Morgan fingerprint density at radius 1 is 0.953 bits per heavy atom. The van der Waals surface area contributed by atoms with Gasteiger partial charge in [-0.15, -0.1) is 0 Å². The van der Waals surface area contributed by atoms with Crippen LogP contribution in [0.15, 0.2) is 99.9 Å². The molecule has 1 aromatic heterocycles. The maximum Gasteiger partial charge on any atom is 0.338 e. The molecule has 0 unspecified atom stereocenters. The SMILES string of the molecule is CCCOc1ccccc1[C@@H]1C(C(=O)OCCOC)=C(C)N=c2s/c(=C/c3c4ccccc4cc4ccccc34)c(=O)n21. The van der Waals surface area contributed by atoms with E-state index in [1.807, 2.05) is 61.5 Å². The van der Waals surface area contributed by atoms with Gasteiger partial charge in [-0.05, 0) is 58.7 Å². The van der Waals surface area contributed by atoms with E-state index in [2.05, 4.69) is 30.3 Å². The lowest BCUT2D eigenvalue weighted by molar-refractivity contribution is -0.140. The number of allylic oxidation sites excluding steroid dienone is 1. The van der Waals surface area contributed by atoms with E-state index in [9.17, 15) is 9.59 Å². The second-order valence-electron chi connectivity index (χ2n) is 10.3. The summed E-state index contributed by atoms with van der Waals surface area (Å²) in [5, 5.41) is 4.30. The molecule has 1 aliphatic heterocycles. The van der Waals surface area contributed by atoms with Gasteiger partial charge in [0.25, 0.3) is 5.56 Å². The van der Waals surface area contributed by atoms with Crippen molar-refractivity contribution in [3.05, 3.63) is 121 Å². The highest BCUT2D eigenvalue weighted by molar-refractivity contribution is 7.07. The van der Waals surface area contributed by atoms with Crippen LogP contribution < -0.4 is 19.6 Å². The lowest BCUT2D eigenvalue weighted by Crippen LogP contribution is -2.40. The van der Waals surface area contributed by atoms with E-state index in [4.69, 9.17) is 19.2 Å². The number of benzene rings is 4. The number of carbonyl (C=O) groups excluding carboxylic acids is 1. The van der Waals surface area contributed by atoms with Crippen LogP contribution >= 0.6 is 11.3 Å². The van der Waals surface area contributed by atoms with Crippen molar-refractivity contribution in [1.29, 1.82) is 0 Å². The molecule has 0 spiro atoms. The highest BCUT2D eigenvalue weighted by Crippen LogP contribution is 2.36. The monoisotopic (exact) mass is 592 g/mol. The normalized spacial score (nSPS) is 15.0. The number of ether oxygens (including phenoxy) is 3. The molecule has 1 atom stereocenters. The first-order chi connectivity index (χ1) is 21.0. The van der Waals surface area contributed by atoms with Gasteiger partial charge in [0.2, 0.25) is 0 Å². The molecule has 218 valence electrons. The molecule has 6 rings (SSSR count). The number of hydrogen-bond acceptors (Lipinski definition) is 7. The van der Waals surface area contributed by atoms with Crippen molar-refractivity contribution >= 4 is 44.9 Å². The van der Waals surface area contributed by atoms with Gasteiger partial charge in [0.05, 0.1) is 29.0 Å². The fourth-order valence-electron chi connectivity index (χ4n) is 5.56. The lowest BCUT2D eigenvalue weighted by Gasteiger charge is -2.26. The fraction of sp³-hybridized carbons (Fsp3) is 0.229. The predicted octanol–water partition coefficient (Wildman–Crippen LogP) is 5.52. The van der Waals surface area contributed by atoms with E-state index >= 15 is 0 Å². The summed E-state index contributed by atoms with van der Waals surface area (Å²) in [5.74, 6) is 0.0730. The lowest BCUT2D eigenvalue weighted by atomic mass is 9.95. The van der Waals surface area contributed by atoms with Crippen molar-refractivity contribution in [2.75, 3.05) is 26.9 Å². The van der Waals surface area contributed by atoms with Gasteiger partial charge in [-0.2, -0.15) is 0 Å². The van der Waals surface area contributed by atoms with Crippen molar-refractivity contribution in [2.24, 2.45) is 4.99 Å². The summed E-state index contributed by atoms with van der Waals surface area (Å²) in [5.41, 5.74) is 2.24. The third kappa shape index (κ3) is 5.40. The Kier molecular flexibility index (Phi) is 8.22. The Morgan fingerprint density at radius 3 is 2.33 bits per heavy atom. The molecule has 0 saturated heterocycles. The number of esters is 1. The zero-order chi connectivity index (χ0) is 29.9. The first kappa shape index (κ1) is 28.6. The van der Waals surface area contributed by atoms with Crippen LogP contribution in [0.2, 0.25) is 0 Å². The molecular weight excluding hydrogens is 560 g/mol. The average molecular weight is 593 g/mol. The third-order valence-corrected chi connectivity index (χ3v) is 8.51. The zero-order valence-electron chi connectivity index (χ0n) is 24.3. The van der Waals surface area contributed by atoms with Crippen molar-refractivity contribution in [1.82, 2.24) is 4.57 Å². The van der Waals surface area contributed by atoms with Crippen molar-refractivity contribution < 1.29 is 19.0 Å². The standard InChI is InChI=1S/C35H32N2O5S/c1-4-17-41-29-16-10-9-15-27(29)32-31(34(39)42-19-18-40-3)22(2)36-35-37(32)33(38)30(43-35)21-28-25-13-7-5-11-23(25)20-24-12-6-8-14-26(24)28/h5-16,20-21,32H,4,17-19H2,1-3H3/b30-21+/t32-/m1/s1. The van der Waals surface area contributed by atoms with E-state index in [-0.39, 0.29) is 18.8 Å². The highest BCUT2D eigenvalue weighted by atomic mass is 32.1. The zero-order valence-corrected chi connectivity index (χ0v) is 25.1. The number of methoxy groups -OCH3 is 1. The Balaban J connectivity index is 1.59. The van der Waals surface area contributed by atoms with E-state index in [0.717, 1.165) is 33.5 Å². The molecule has 0 radical (unpaired) electrons. The van der Waals surface area contributed by atoms with Gasteiger partial charge in [-0.1, -0.05) is 85.0 Å². The van der Waals surface area contributed by atoms with Crippen LogP contribution in [-0.4, -0.2) is 37.5 Å². The van der Waals surface area contributed by atoms with E-state index in [1.165, 1.54) is 11.3 Å². The molecular formula is C35H32N2O5S. The molecule has 0 aliphatic carbocycles. The number of nitrogens with zero attached hydrogens (tertiary/aromatic N) is 2. The smallest absolute Gasteiger partial charge is 0.338 e. The first-order valence-corrected chi connectivity index (χ1v) is 15.1. The van der Waals surface area contributed by atoms with Crippen molar-refractivity contribution in [3.8, 4) is 5.75 Å². The molecule has 43 heavy (non-hydrogen) atoms. The van der Waals surface area contributed by atoms with Crippen LogP contribution in [0.5, 0.6) is 5.75 Å². The molecule has 0 fully saturated rings. The number of rotatable bonds is 9. The van der Waals surface area contributed by atoms with Crippen molar-refractivity contribution in [3.63, 3.8) is 0 Å². The Morgan fingerprint density at radius 2 is 1.63 bits per heavy atom. The van der Waals surface area contributed by atoms with Crippen LogP contribution in [0.1, 0.15) is 37.4 Å². The van der Waals surface area contributed by atoms with Gasteiger partial charge >= 0.3 is 5.97 Å². The number of para-hydroxylation sites is 1. The minimum atomic E-state index is -0.772. The van der Waals surface area contributed by atoms with Crippen LogP contribution in [0, 0.1) is 0 Å². The number of carbonyl (C=O) groups is 1. The van der Waals surface area contributed by atoms with Gasteiger partial charge in [-0.3, -0.25) is 9.36 Å². The summed E-state index contributed by atoms with van der Waals surface area (Å²) in [6, 6.07) is 25.3. The summed E-state index contributed by atoms with van der Waals surface area (Å²) in [7, 11) is 1.55. The summed E-state index contributed by atoms with van der Waals surface area (Å²) >= 11 is 1.32. The van der Waals surface area contributed by atoms with Crippen LogP contribution in [0.25, 0.3) is 27.6 Å². The molecule has 7 nitrogen and oxygen atoms in total. The van der Waals surface area contributed by atoms with E-state index in [0.29, 0.717) is 38.5 Å². The second kappa shape index (κ2) is 12.4. The molecule has 4 aromatic carbocycles. The van der Waals surface area contributed by atoms with Crippen LogP contribution in [0.4, 0.5) is 0 Å². The largest absolute Gasteiger partial charge is 0.493 e. The van der Waals surface area contributed by atoms with Gasteiger partial charge in [0.1, 0.15) is 18.4 Å². The molecule has 0 amide bonds. The average Bonchev–Trinajstić information content (AvgIpc) is 3.33. The van der Waals surface area contributed by atoms with Crippen molar-refractivity contribution in [2.45, 2.75) is 26.3 Å². The Hall–Kier alpha value is -4.53. The summed E-state index contributed by atoms with van der Waals surface area (Å²) in [6.07, 6.45) is 2.78. The maximum absolute atomic E-state index is 14.4. The number of thiazole rings is 1. The van der Waals surface area contributed by atoms with E-state index in [1.54, 1.807) is 18.6 Å². The minimum Gasteiger partial charge on any atom is -0.493 e. The highest BCUT2D eigenvalue weighted by Gasteiger charge is 2.35. The quantitative estimate of drug-likeness (QED) is 0.128. The maximum atomic E-state index is 14.4. The molecule has 0 saturated carbocycles. The Bertz CT molecular complexity index is 2000.